The number of amides is 1. The lowest BCUT2D eigenvalue weighted by atomic mass is 10.3. The van der Waals surface area contributed by atoms with Crippen molar-refractivity contribution in [3.8, 4) is 0 Å². The molecule has 0 unspecified atom stereocenters. The van der Waals surface area contributed by atoms with E-state index in [1.165, 1.54) is 0 Å². The highest BCUT2D eigenvalue weighted by Crippen LogP contribution is 1.81. The number of nitrogens with one attached hydrogen (secondary N) is 1. The summed E-state index contributed by atoms with van der Waals surface area (Å²) in [5, 5.41) is 19.6. The fourth-order valence-corrected chi connectivity index (χ4v) is 0.613. The van der Waals surface area contributed by atoms with E-state index in [1.807, 2.05) is 0 Å². The van der Waals surface area contributed by atoms with Crippen LogP contribution in [-0.4, -0.2) is 48.6 Å². The van der Waals surface area contributed by atoms with E-state index in [4.69, 9.17) is 14.9 Å². The molecule has 0 radical (unpaired) electrons. The Bertz CT molecular complexity index is 125. The van der Waals surface area contributed by atoms with Crippen LogP contribution in [-0.2, 0) is 9.53 Å². The SMILES string of the molecule is CCOCC(=O)NC(CO)CO. The summed E-state index contributed by atoms with van der Waals surface area (Å²) >= 11 is 0. The number of ether oxygens (including phenoxy) is 1. The van der Waals surface area contributed by atoms with E-state index >= 15 is 0 Å². The first-order valence-corrected chi connectivity index (χ1v) is 3.83. The summed E-state index contributed by atoms with van der Waals surface area (Å²) in [4.78, 5) is 10.9. The molecule has 0 aromatic rings. The largest absolute Gasteiger partial charge is 0.394 e. The molecular weight excluding hydrogens is 162 g/mol. The third-order valence-electron chi connectivity index (χ3n) is 1.24. The van der Waals surface area contributed by atoms with Crippen LogP contribution in [0, 0.1) is 0 Å². The molecule has 72 valence electrons. The highest BCUT2D eigenvalue weighted by Gasteiger charge is 2.08. The van der Waals surface area contributed by atoms with E-state index in [9.17, 15) is 4.79 Å². The first kappa shape index (κ1) is 11.4. The number of rotatable bonds is 6. The molecule has 0 aliphatic heterocycles. The zero-order chi connectivity index (χ0) is 9.40. The van der Waals surface area contributed by atoms with Gasteiger partial charge in [0.2, 0.25) is 5.91 Å². The summed E-state index contributed by atoms with van der Waals surface area (Å²) in [5.41, 5.74) is 0. The molecule has 0 aliphatic rings. The van der Waals surface area contributed by atoms with Gasteiger partial charge in [-0.05, 0) is 6.92 Å². The van der Waals surface area contributed by atoms with Crippen molar-refractivity contribution in [2.24, 2.45) is 0 Å². The van der Waals surface area contributed by atoms with Crippen molar-refractivity contribution in [3.05, 3.63) is 0 Å². The molecule has 0 aliphatic carbocycles. The van der Waals surface area contributed by atoms with Crippen molar-refractivity contribution in [1.82, 2.24) is 5.32 Å². The minimum Gasteiger partial charge on any atom is -0.394 e. The molecule has 0 atom stereocenters. The average molecular weight is 177 g/mol. The molecule has 5 nitrogen and oxygen atoms in total. The van der Waals surface area contributed by atoms with Crippen LogP contribution in [0.25, 0.3) is 0 Å². The van der Waals surface area contributed by atoms with Gasteiger partial charge in [0.25, 0.3) is 0 Å². The van der Waals surface area contributed by atoms with Crippen LogP contribution in [0.3, 0.4) is 0 Å². The quantitative estimate of drug-likeness (QED) is 0.461. The van der Waals surface area contributed by atoms with Gasteiger partial charge in [0.15, 0.2) is 0 Å². The summed E-state index contributed by atoms with van der Waals surface area (Å²) < 4.78 is 4.81. The number of hydrogen-bond donors (Lipinski definition) is 3. The molecule has 0 fully saturated rings. The normalized spacial score (nSPS) is 10.3. The zero-order valence-corrected chi connectivity index (χ0v) is 7.12. The number of carbonyl (C=O) groups is 1. The van der Waals surface area contributed by atoms with Gasteiger partial charge in [-0.2, -0.15) is 0 Å². The van der Waals surface area contributed by atoms with Gasteiger partial charge in [-0.25, -0.2) is 0 Å². The molecule has 0 saturated carbocycles. The van der Waals surface area contributed by atoms with Crippen LogP contribution in [0.4, 0.5) is 0 Å². The Balaban J connectivity index is 3.52. The summed E-state index contributed by atoms with van der Waals surface area (Å²) in [6.45, 7) is 1.68. The Labute approximate surface area is 71.3 Å². The molecule has 0 rings (SSSR count). The van der Waals surface area contributed by atoms with E-state index in [1.54, 1.807) is 6.92 Å². The predicted molar refractivity (Wildman–Crippen MR) is 42.6 cm³/mol. The predicted octanol–water partition coefficient (Wildman–Crippen LogP) is -1.51. The molecule has 0 aromatic heterocycles. The lowest BCUT2D eigenvalue weighted by Gasteiger charge is -2.12. The summed E-state index contributed by atoms with van der Waals surface area (Å²) in [6.07, 6.45) is 0. The molecule has 0 saturated heterocycles. The second-order valence-electron chi connectivity index (χ2n) is 2.27. The number of aliphatic hydroxyl groups is 2. The summed E-state index contributed by atoms with van der Waals surface area (Å²) in [5.74, 6) is -0.329. The number of carbonyl (C=O) groups excluding carboxylic acids is 1. The van der Waals surface area contributed by atoms with Gasteiger partial charge in [-0.3, -0.25) is 4.79 Å². The minimum atomic E-state index is -0.585. The Kier molecular flexibility index (Phi) is 6.64. The Morgan fingerprint density at radius 1 is 1.50 bits per heavy atom. The highest BCUT2D eigenvalue weighted by atomic mass is 16.5. The molecule has 0 heterocycles. The lowest BCUT2D eigenvalue weighted by Crippen LogP contribution is -2.41. The number of aliphatic hydroxyl groups excluding tert-OH is 2. The van der Waals surface area contributed by atoms with Crippen molar-refractivity contribution in [2.75, 3.05) is 26.4 Å². The Hall–Kier alpha value is -0.650. The van der Waals surface area contributed by atoms with Gasteiger partial charge in [-0.1, -0.05) is 0 Å². The van der Waals surface area contributed by atoms with Crippen LogP contribution in [0.2, 0.25) is 0 Å². The van der Waals surface area contributed by atoms with E-state index < -0.39 is 6.04 Å². The van der Waals surface area contributed by atoms with Gasteiger partial charge in [0.1, 0.15) is 6.61 Å². The Morgan fingerprint density at radius 2 is 2.08 bits per heavy atom. The van der Waals surface area contributed by atoms with Gasteiger partial charge < -0.3 is 20.3 Å². The van der Waals surface area contributed by atoms with Crippen molar-refractivity contribution in [3.63, 3.8) is 0 Å². The number of hydrogen-bond acceptors (Lipinski definition) is 4. The van der Waals surface area contributed by atoms with E-state index in [0.717, 1.165) is 0 Å². The van der Waals surface area contributed by atoms with Crippen molar-refractivity contribution >= 4 is 5.91 Å². The van der Waals surface area contributed by atoms with Crippen LogP contribution in [0.1, 0.15) is 6.92 Å². The standard InChI is InChI=1S/C7H15NO4/c1-2-12-5-7(11)8-6(3-9)4-10/h6,9-10H,2-5H2,1H3,(H,8,11). The molecule has 0 spiro atoms. The summed E-state index contributed by atoms with van der Waals surface area (Å²) in [6, 6.07) is -0.585. The smallest absolute Gasteiger partial charge is 0.246 e. The monoisotopic (exact) mass is 177 g/mol. The lowest BCUT2D eigenvalue weighted by molar-refractivity contribution is -0.126. The maximum Gasteiger partial charge on any atom is 0.246 e. The van der Waals surface area contributed by atoms with E-state index in [2.05, 4.69) is 5.32 Å². The molecular formula is C7H15NO4. The highest BCUT2D eigenvalue weighted by molar-refractivity contribution is 5.77. The van der Waals surface area contributed by atoms with Crippen LogP contribution < -0.4 is 5.32 Å². The Morgan fingerprint density at radius 3 is 2.50 bits per heavy atom. The van der Waals surface area contributed by atoms with Crippen molar-refractivity contribution in [2.45, 2.75) is 13.0 Å². The minimum absolute atomic E-state index is 0.0347. The molecule has 0 bridgehead atoms. The second-order valence-corrected chi connectivity index (χ2v) is 2.27. The molecule has 12 heavy (non-hydrogen) atoms. The van der Waals surface area contributed by atoms with Crippen LogP contribution >= 0.6 is 0 Å². The average Bonchev–Trinajstić information content (AvgIpc) is 2.10. The topological polar surface area (TPSA) is 78.8 Å². The maximum absolute atomic E-state index is 10.9. The van der Waals surface area contributed by atoms with Gasteiger partial charge >= 0.3 is 0 Å². The van der Waals surface area contributed by atoms with Crippen molar-refractivity contribution in [1.29, 1.82) is 0 Å². The first-order chi connectivity index (χ1) is 5.74. The molecule has 1 amide bonds. The molecule has 5 heteroatoms. The molecule has 3 N–H and O–H groups in total. The van der Waals surface area contributed by atoms with Crippen LogP contribution in [0.5, 0.6) is 0 Å². The van der Waals surface area contributed by atoms with Gasteiger partial charge in [0, 0.05) is 6.61 Å². The summed E-state index contributed by atoms with van der Waals surface area (Å²) in [7, 11) is 0. The fraction of sp³-hybridized carbons (Fsp3) is 0.857. The second kappa shape index (κ2) is 7.02. The third-order valence-corrected chi connectivity index (χ3v) is 1.24. The van der Waals surface area contributed by atoms with Crippen LogP contribution in [0.15, 0.2) is 0 Å². The van der Waals surface area contributed by atoms with Gasteiger partial charge in [0.05, 0.1) is 19.3 Å². The van der Waals surface area contributed by atoms with Crippen molar-refractivity contribution < 1.29 is 19.7 Å². The maximum atomic E-state index is 10.9. The van der Waals surface area contributed by atoms with E-state index in [0.29, 0.717) is 6.61 Å². The van der Waals surface area contributed by atoms with E-state index in [-0.39, 0.29) is 25.7 Å². The first-order valence-electron chi connectivity index (χ1n) is 3.83. The fourth-order valence-electron chi connectivity index (χ4n) is 0.613. The van der Waals surface area contributed by atoms with Gasteiger partial charge in [-0.15, -0.1) is 0 Å². The zero-order valence-electron chi connectivity index (χ0n) is 7.12. The third kappa shape index (κ3) is 5.06. The molecule has 0 aromatic carbocycles.